The summed E-state index contributed by atoms with van der Waals surface area (Å²) in [5, 5.41) is 3.79. The standard InChI is InChI=1S/C18H14F2N2OS/c19-15-5-3-6-16(20)17(15)18(23)22(10-13-7-9-24-12-13)11-14-4-1-2-8-21-14/h1-9,12H,10-11H2. The number of carbonyl (C=O) groups is 1. The Morgan fingerprint density at radius 1 is 1.04 bits per heavy atom. The van der Waals surface area contributed by atoms with Gasteiger partial charge in [0.1, 0.15) is 17.2 Å². The third-order valence-electron chi connectivity index (χ3n) is 3.50. The van der Waals surface area contributed by atoms with Crippen LogP contribution in [0.1, 0.15) is 21.6 Å². The maximum absolute atomic E-state index is 14.0. The summed E-state index contributed by atoms with van der Waals surface area (Å²) in [5.41, 5.74) is 1.02. The number of carbonyl (C=O) groups excluding carboxylic acids is 1. The van der Waals surface area contributed by atoms with Gasteiger partial charge in [-0.2, -0.15) is 11.3 Å². The van der Waals surface area contributed by atoms with E-state index in [1.807, 2.05) is 16.8 Å². The van der Waals surface area contributed by atoms with E-state index < -0.39 is 23.1 Å². The molecule has 3 aromatic rings. The number of amides is 1. The summed E-state index contributed by atoms with van der Waals surface area (Å²) < 4.78 is 28.0. The first-order valence-electron chi connectivity index (χ1n) is 7.29. The lowest BCUT2D eigenvalue weighted by atomic mass is 10.1. The molecule has 6 heteroatoms. The summed E-state index contributed by atoms with van der Waals surface area (Å²) in [6, 6.07) is 10.6. The van der Waals surface area contributed by atoms with E-state index in [1.165, 1.54) is 22.3 Å². The van der Waals surface area contributed by atoms with Crippen molar-refractivity contribution in [2.24, 2.45) is 0 Å². The normalized spacial score (nSPS) is 10.6. The third kappa shape index (κ3) is 3.65. The zero-order valence-corrected chi connectivity index (χ0v) is 13.5. The van der Waals surface area contributed by atoms with Crippen molar-refractivity contribution < 1.29 is 13.6 Å². The molecule has 3 rings (SSSR count). The summed E-state index contributed by atoms with van der Waals surface area (Å²) in [7, 11) is 0. The largest absolute Gasteiger partial charge is 0.328 e. The van der Waals surface area contributed by atoms with E-state index in [0.29, 0.717) is 5.69 Å². The molecule has 0 radical (unpaired) electrons. The highest BCUT2D eigenvalue weighted by atomic mass is 32.1. The van der Waals surface area contributed by atoms with Crippen LogP contribution in [0.15, 0.2) is 59.4 Å². The van der Waals surface area contributed by atoms with Gasteiger partial charge in [-0.15, -0.1) is 0 Å². The molecule has 1 amide bonds. The van der Waals surface area contributed by atoms with Gasteiger partial charge in [-0.05, 0) is 46.7 Å². The van der Waals surface area contributed by atoms with Gasteiger partial charge in [0.15, 0.2) is 0 Å². The molecular weight excluding hydrogens is 330 g/mol. The van der Waals surface area contributed by atoms with Crippen LogP contribution in [0.2, 0.25) is 0 Å². The third-order valence-corrected chi connectivity index (χ3v) is 4.23. The van der Waals surface area contributed by atoms with E-state index in [2.05, 4.69) is 4.98 Å². The van der Waals surface area contributed by atoms with Crippen molar-refractivity contribution in [1.82, 2.24) is 9.88 Å². The second-order valence-corrected chi connectivity index (χ2v) is 5.99. The predicted molar refractivity (Wildman–Crippen MR) is 88.5 cm³/mol. The van der Waals surface area contributed by atoms with Gasteiger partial charge in [-0.25, -0.2) is 8.78 Å². The lowest BCUT2D eigenvalue weighted by Crippen LogP contribution is -2.31. The highest BCUT2D eigenvalue weighted by Crippen LogP contribution is 2.19. The molecule has 0 aliphatic rings. The van der Waals surface area contributed by atoms with E-state index in [0.717, 1.165) is 17.7 Å². The molecule has 0 saturated heterocycles. The number of hydrogen-bond acceptors (Lipinski definition) is 3. The average molecular weight is 344 g/mol. The minimum absolute atomic E-state index is 0.170. The summed E-state index contributed by atoms with van der Waals surface area (Å²) in [6.45, 7) is 0.427. The number of aromatic nitrogens is 1. The van der Waals surface area contributed by atoms with Crippen molar-refractivity contribution >= 4 is 17.2 Å². The van der Waals surface area contributed by atoms with Crippen molar-refractivity contribution in [3.8, 4) is 0 Å². The molecule has 0 fully saturated rings. The Morgan fingerprint density at radius 2 is 1.83 bits per heavy atom. The molecule has 24 heavy (non-hydrogen) atoms. The van der Waals surface area contributed by atoms with Crippen molar-refractivity contribution in [2.75, 3.05) is 0 Å². The molecule has 0 spiro atoms. The van der Waals surface area contributed by atoms with E-state index >= 15 is 0 Å². The molecule has 0 N–H and O–H groups in total. The van der Waals surface area contributed by atoms with Crippen LogP contribution in [0.5, 0.6) is 0 Å². The quantitative estimate of drug-likeness (QED) is 0.693. The Labute approximate surface area is 142 Å². The van der Waals surface area contributed by atoms with E-state index in [4.69, 9.17) is 0 Å². The molecule has 2 aromatic heterocycles. The number of pyridine rings is 1. The number of halogens is 2. The maximum Gasteiger partial charge on any atom is 0.260 e. The molecule has 0 bridgehead atoms. The van der Waals surface area contributed by atoms with Gasteiger partial charge < -0.3 is 4.90 Å². The minimum atomic E-state index is -0.865. The topological polar surface area (TPSA) is 33.2 Å². The van der Waals surface area contributed by atoms with Crippen LogP contribution < -0.4 is 0 Å². The fraction of sp³-hybridized carbons (Fsp3) is 0.111. The molecule has 3 nitrogen and oxygen atoms in total. The lowest BCUT2D eigenvalue weighted by molar-refractivity contribution is 0.0718. The van der Waals surface area contributed by atoms with Crippen molar-refractivity contribution in [3.63, 3.8) is 0 Å². The fourth-order valence-electron chi connectivity index (χ4n) is 2.35. The van der Waals surface area contributed by atoms with Crippen LogP contribution in [-0.2, 0) is 13.1 Å². The maximum atomic E-state index is 14.0. The number of rotatable bonds is 5. The molecule has 0 unspecified atom stereocenters. The van der Waals surface area contributed by atoms with Crippen LogP contribution in [0.25, 0.3) is 0 Å². The Bertz CT molecular complexity index is 802. The van der Waals surface area contributed by atoms with Gasteiger partial charge in [0.2, 0.25) is 0 Å². The first-order chi connectivity index (χ1) is 11.6. The highest BCUT2D eigenvalue weighted by molar-refractivity contribution is 7.07. The fourth-order valence-corrected chi connectivity index (χ4v) is 3.01. The first kappa shape index (κ1) is 16.3. The van der Waals surface area contributed by atoms with E-state index in [1.54, 1.807) is 24.4 Å². The predicted octanol–water partition coefficient (Wildman–Crippen LogP) is 4.26. The molecule has 122 valence electrons. The second kappa shape index (κ2) is 7.31. The van der Waals surface area contributed by atoms with E-state index in [-0.39, 0.29) is 13.1 Å². The number of benzene rings is 1. The van der Waals surface area contributed by atoms with Gasteiger partial charge in [-0.3, -0.25) is 9.78 Å². The van der Waals surface area contributed by atoms with Gasteiger partial charge in [-0.1, -0.05) is 12.1 Å². The van der Waals surface area contributed by atoms with E-state index in [9.17, 15) is 13.6 Å². The zero-order valence-electron chi connectivity index (χ0n) is 12.7. The van der Waals surface area contributed by atoms with Crippen LogP contribution in [0.4, 0.5) is 8.78 Å². The molecule has 1 aromatic carbocycles. The smallest absolute Gasteiger partial charge is 0.260 e. The highest BCUT2D eigenvalue weighted by Gasteiger charge is 2.23. The molecular formula is C18H14F2N2OS. The summed E-state index contributed by atoms with van der Waals surface area (Å²) in [6.07, 6.45) is 1.62. The van der Waals surface area contributed by atoms with Crippen molar-refractivity contribution in [2.45, 2.75) is 13.1 Å². The van der Waals surface area contributed by atoms with Crippen LogP contribution in [-0.4, -0.2) is 15.8 Å². The van der Waals surface area contributed by atoms with Gasteiger partial charge in [0, 0.05) is 12.7 Å². The van der Waals surface area contributed by atoms with Gasteiger partial charge >= 0.3 is 0 Å². The van der Waals surface area contributed by atoms with Gasteiger partial charge in [0.25, 0.3) is 5.91 Å². The Kier molecular flexibility index (Phi) is 4.96. The zero-order chi connectivity index (χ0) is 16.9. The summed E-state index contributed by atoms with van der Waals surface area (Å²) in [5.74, 6) is -2.42. The SMILES string of the molecule is O=C(c1c(F)cccc1F)N(Cc1ccsc1)Cc1ccccn1. The monoisotopic (exact) mass is 344 g/mol. The van der Waals surface area contributed by atoms with Crippen LogP contribution in [0.3, 0.4) is 0 Å². The number of thiophene rings is 1. The average Bonchev–Trinajstić information content (AvgIpc) is 3.08. The molecule has 0 atom stereocenters. The van der Waals surface area contributed by atoms with Gasteiger partial charge in [0.05, 0.1) is 12.2 Å². The lowest BCUT2D eigenvalue weighted by Gasteiger charge is -2.22. The first-order valence-corrected chi connectivity index (χ1v) is 8.23. The van der Waals surface area contributed by atoms with Crippen LogP contribution in [0, 0.1) is 11.6 Å². The summed E-state index contributed by atoms with van der Waals surface area (Å²) >= 11 is 1.50. The number of hydrogen-bond donors (Lipinski definition) is 0. The Balaban J connectivity index is 1.92. The molecule has 2 heterocycles. The molecule has 0 saturated carbocycles. The Morgan fingerprint density at radius 3 is 2.46 bits per heavy atom. The minimum Gasteiger partial charge on any atom is -0.328 e. The summed E-state index contributed by atoms with van der Waals surface area (Å²) in [4.78, 5) is 18.3. The van der Waals surface area contributed by atoms with Crippen molar-refractivity contribution in [3.05, 3.63) is 87.9 Å². The Hall–Kier alpha value is -2.60. The molecule has 0 aliphatic carbocycles. The molecule has 0 aliphatic heterocycles. The van der Waals surface area contributed by atoms with Crippen LogP contribution >= 0.6 is 11.3 Å². The number of nitrogens with zero attached hydrogens (tertiary/aromatic N) is 2. The van der Waals surface area contributed by atoms with Crippen molar-refractivity contribution in [1.29, 1.82) is 0 Å². The second-order valence-electron chi connectivity index (χ2n) is 5.21.